The summed E-state index contributed by atoms with van der Waals surface area (Å²) in [5.74, 6) is 0.602. The van der Waals surface area contributed by atoms with Crippen molar-refractivity contribution in [2.24, 2.45) is 0 Å². The van der Waals surface area contributed by atoms with Gasteiger partial charge in [-0.05, 0) is 50.3 Å². The molecule has 2 amide bonds. The normalized spacial score (nSPS) is 18.3. The Kier molecular flexibility index (Phi) is 5.99. The Balaban J connectivity index is 1.94. The first-order valence-electron chi connectivity index (χ1n) is 7.79. The summed E-state index contributed by atoms with van der Waals surface area (Å²) < 4.78 is 5.74. The van der Waals surface area contributed by atoms with Crippen LogP contribution in [0.4, 0.5) is 10.6 Å². The quantitative estimate of drug-likeness (QED) is 0.906. The zero-order chi connectivity index (χ0) is 15.1. The SMILES string of the molecule is CCCN(C[C@H]1CCCCO1)C(=O)Nc1cc(C)ccn1. The number of amides is 2. The third kappa shape index (κ3) is 5.01. The van der Waals surface area contributed by atoms with Crippen molar-refractivity contribution < 1.29 is 9.53 Å². The molecule has 0 unspecified atom stereocenters. The van der Waals surface area contributed by atoms with E-state index in [-0.39, 0.29) is 12.1 Å². The summed E-state index contributed by atoms with van der Waals surface area (Å²) in [5.41, 5.74) is 1.08. The molecule has 2 rings (SSSR count). The van der Waals surface area contributed by atoms with E-state index in [0.717, 1.165) is 38.0 Å². The first-order chi connectivity index (χ1) is 10.2. The van der Waals surface area contributed by atoms with E-state index in [1.54, 1.807) is 6.20 Å². The first kappa shape index (κ1) is 15.8. The molecule has 1 N–H and O–H groups in total. The van der Waals surface area contributed by atoms with Gasteiger partial charge in [0.25, 0.3) is 0 Å². The molecule has 1 fully saturated rings. The molecule has 0 radical (unpaired) electrons. The Morgan fingerprint density at radius 3 is 3.05 bits per heavy atom. The summed E-state index contributed by atoms with van der Waals surface area (Å²) in [6, 6.07) is 3.69. The van der Waals surface area contributed by atoms with Crippen LogP contribution < -0.4 is 5.32 Å². The molecule has 5 nitrogen and oxygen atoms in total. The van der Waals surface area contributed by atoms with Gasteiger partial charge < -0.3 is 9.64 Å². The largest absolute Gasteiger partial charge is 0.376 e. The van der Waals surface area contributed by atoms with E-state index in [9.17, 15) is 4.79 Å². The lowest BCUT2D eigenvalue weighted by atomic mass is 10.1. The van der Waals surface area contributed by atoms with E-state index >= 15 is 0 Å². The van der Waals surface area contributed by atoms with Crippen molar-refractivity contribution in [1.82, 2.24) is 9.88 Å². The van der Waals surface area contributed by atoms with E-state index < -0.39 is 0 Å². The first-order valence-corrected chi connectivity index (χ1v) is 7.79. The highest BCUT2D eigenvalue weighted by Gasteiger charge is 2.21. The highest BCUT2D eigenvalue weighted by Crippen LogP contribution is 2.15. The average molecular weight is 291 g/mol. The molecule has 0 saturated carbocycles. The average Bonchev–Trinajstić information content (AvgIpc) is 2.48. The molecule has 1 aromatic rings. The van der Waals surface area contributed by atoms with Crippen molar-refractivity contribution in [3.63, 3.8) is 0 Å². The molecule has 1 atom stereocenters. The van der Waals surface area contributed by atoms with Gasteiger partial charge in [0.2, 0.25) is 0 Å². The number of ether oxygens (including phenoxy) is 1. The summed E-state index contributed by atoms with van der Waals surface area (Å²) in [7, 11) is 0. The van der Waals surface area contributed by atoms with Crippen molar-refractivity contribution in [2.75, 3.05) is 25.0 Å². The second-order valence-electron chi connectivity index (χ2n) is 5.58. The zero-order valence-electron chi connectivity index (χ0n) is 13.0. The Hall–Kier alpha value is -1.62. The van der Waals surface area contributed by atoms with Crippen LogP contribution in [0.25, 0.3) is 0 Å². The molecule has 0 bridgehead atoms. The fraction of sp³-hybridized carbons (Fsp3) is 0.625. The predicted molar refractivity (Wildman–Crippen MR) is 83.4 cm³/mol. The number of aryl methyl sites for hydroxylation is 1. The van der Waals surface area contributed by atoms with Crippen molar-refractivity contribution in [1.29, 1.82) is 0 Å². The Labute approximate surface area is 126 Å². The molecule has 21 heavy (non-hydrogen) atoms. The van der Waals surface area contributed by atoms with Gasteiger partial charge in [0.15, 0.2) is 0 Å². The summed E-state index contributed by atoms with van der Waals surface area (Å²) >= 11 is 0. The molecule has 1 saturated heterocycles. The third-order valence-electron chi connectivity index (χ3n) is 3.63. The maximum absolute atomic E-state index is 12.4. The van der Waals surface area contributed by atoms with E-state index in [0.29, 0.717) is 12.4 Å². The number of hydrogen-bond acceptors (Lipinski definition) is 3. The van der Waals surface area contributed by atoms with Crippen LogP contribution in [0.3, 0.4) is 0 Å². The number of anilines is 1. The second kappa shape index (κ2) is 7.98. The van der Waals surface area contributed by atoms with Crippen LogP contribution in [0.5, 0.6) is 0 Å². The summed E-state index contributed by atoms with van der Waals surface area (Å²) in [5, 5.41) is 2.88. The van der Waals surface area contributed by atoms with Gasteiger partial charge in [0, 0.05) is 25.9 Å². The van der Waals surface area contributed by atoms with Crippen LogP contribution in [0, 0.1) is 6.92 Å². The van der Waals surface area contributed by atoms with Crippen molar-refractivity contribution in [2.45, 2.75) is 45.6 Å². The number of hydrogen-bond donors (Lipinski definition) is 1. The molecular formula is C16H25N3O2. The lowest BCUT2D eigenvalue weighted by Crippen LogP contribution is -2.42. The fourth-order valence-corrected chi connectivity index (χ4v) is 2.54. The van der Waals surface area contributed by atoms with E-state index in [2.05, 4.69) is 17.2 Å². The smallest absolute Gasteiger partial charge is 0.323 e. The lowest BCUT2D eigenvalue weighted by Gasteiger charge is -2.29. The predicted octanol–water partition coefficient (Wildman–Crippen LogP) is 3.20. The molecular weight excluding hydrogens is 266 g/mol. The zero-order valence-corrected chi connectivity index (χ0v) is 13.0. The molecule has 2 heterocycles. The molecule has 116 valence electrons. The molecule has 1 aliphatic heterocycles. The monoisotopic (exact) mass is 291 g/mol. The van der Waals surface area contributed by atoms with Crippen LogP contribution >= 0.6 is 0 Å². The van der Waals surface area contributed by atoms with E-state index in [1.807, 2.05) is 24.0 Å². The van der Waals surface area contributed by atoms with E-state index in [4.69, 9.17) is 4.74 Å². The highest BCUT2D eigenvalue weighted by molar-refractivity contribution is 5.88. The topological polar surface area (TPSA) is 54.5 Å². The number of urea groups is 1. The molecule has 0 aromatic carbocycles. The van der Waals surface area contributed by atoms with Crippen LogP contribution in [0.2, 0.25) is 0 Å². The number of rotatable bonds is 5. The molecule has 5 heteroatoms. The van der Waals surface area contributed by atoms with Gasteiger partial charge in [-0.15, -0.1) is 0 Å². The van der Waals surface area contributed by atoms with Crippen LogP contribution in [-0.4, -0.2) is 41.7 Å². The number of aromatic nitrogens is 1. The second-order valence-corrected chi connectivity index (χ2v) is 5.58. The van der Waals surface area contributed by atoms with Crippen LogP contribution in [-0.2, 0) is 4.74 Å². The fourth-order valence-electron chi connectivity index (χ4n) is 2.54. The van der Waals surface area contributed by atoms with Gasteiger partial charge in [0.1, 0.15) is 5.82 Å². The third-order valence-corrected chi connectivity index (χ3v) is 3.63. The lowest BCUT2D eigenvalue weighted by molar-refractivity contribution is 0.00161. The Bertz CT molecular complexity index is 459. The van der Waals surface area contributed by atoms with Gasteiger partial charge in [-0.1, -0.05) is 6.92 Å². The Morgan fingerprint density at radius 2 is 2.38 bits per heavy atom. The van der Waals surface area contributed by atoms with Crippen molar-refractivity contribution >= 4 is 11.8 Å². The standard InChI is InChI=1S/C16H25N3O2/c1-3-9-19(12-14-6-4-5-10-21-14)16(20)18-15-11-13(2)7-8-17-15/h7-8,11,14H,3-6,9-10,12H2,1-2H3,(H,17,18,20)/t14-/m1/s1. The Morgan fingerprint density at radius 1 is 1.52 bits per heavy atom. The summed E-state index contributed by atoms with van der Waals surface area (Å²) in [6.07, 6.45) is 6.16. The molecule has 1 aromatic heterocycles. The number of nitrogens with zero attached hydrogens (tertiary/aromatic N) is 2. The maximum Gasteiger partial charge on any atom is 0.323 e. The molecule has 0 spiro atoms. The number of carbonyl (C=O) groups is 1. The van der Waals surface area contributed by atoms with Gasteiger partial charge >= 0.3 is 6.03 Å². The number of pyridine rings is 1. The van der Waals surface area contributed by atoms with Crippen LogP contribution in [0.15, 0.2) is 18.3 Å². The van der Waals surface area contributed by atoms with Crippen molar-refractivity contribution in [3.05, 3.63) is 23.9 Å². The number of nitrogens with one attached hydrogen (secondary N) is 1. The minimum Gasteiger partial charge on any atom is -0.376 e. The maximum atomic E-state index is 12.4. The van der Waals surface area contributed by atoms with Gasteiger partial charge in [-0.2, -0.15) is 0 Å². The highest BCUT2D eigenvalue weighted by atomic mass is 16.5. The van der Waals surface area contributed by atoms with Gasteiger partial charge in [0.05, 0.1) is 6.10 Å². The van der Waals surface area contributed by atoms with Gasteiger partial charge in [-0.25, -0.2) is 9.78 Å². The minimum atomic E-state index is -0.0934. The summed E-state index contributed by atoms with van der Waals surface area (Å²) in [6.45, 7) is 6.26. The molecule has 0 aliphatic carbocycles. The van der Waals surface area contributed by atoms with Gasteiger partial charge in [-0.3, -0.25) is 5.32 Å². The molecule has 1 aliphatic rings. The summed E-state index contributed by atoms with van der Waals surface area (Å²) in [4.78, 5) is 18.4. The minimum absolute atomic E-state index is 0.0934. The number of carbonyl (C=O) groups excluding carboxylic acids is 1. The van der Waals surface area contributed by atoms with Crippen LogP contribution in [0.1, 0.15) is 38.2 Å². The van der Waals surface area contributed by atoms with E-state index in [1.165, 1.54) is 6.42 Å². The van der Waals surface area contributed by atoms with Crippen molar-refractivity contribution in [3.8, 4) is 0 Å².